The Hall–Kier alpha value is -2.11. The average molecular weight is 405 g/mol. The third-order valence-electron chi connectivity index (χ3n) is 3.59. The van der Waals surface area contributed by atoms with Crippen molar-refractivity contribution < 1.29 is 4.79 Å². The summed E-state index contributed by atoms with van der Waals surface area (Å²) in [5.74, 6) is 0.322. The van der Waals surface area contributed by atoms with Crippen LogP contribution in [-0.4, -0.2) is 15.7 Å². The van der Waals surface area contributed by atoms with Crippen LogP contribution in [-0.2, 0) is 6.54 Å². The lowest BCUT2D eigenvalue weighted by atomic mass is 10.2. The molecule has 0 fully saturated rings. The number of hydrogen-bond donors (Lipinski definition) is 1. The van der Waals surface area contributed by atoms with Crippen molar-refractivity contribution in [3.8, 4) is 0 Å². The van der Waals surface area contributed by atoms with Crippen LogP contribution in [0.2, 0.25) is 5.02 Å². The van der Waals surface area contributed by atoms with Gasteiger partial charge >= 0.3 is 0 Å². The Bertz CT molecular complexity index is 891. The molecule has 0 radical (unpaired) electrons. The van der Waals surface area contributed by atoms with E-state index in [4.69, 9.17) is 11.6 Å². The van der Waals surface area contributed by atoms with Gasteiger partial charge in [0.1, 0.15) is 0 Å². The van der Waals surface area contributed by atoms with Gasteiger partial charge < -0.3 is 5.32 Å². The summed E-state index contributed by atoms with van der Waals surface area (Å²) in [7, 11) is 0. The molecule has 0 aliphatic carbocycles. The minimum absolute atomic E-state index is 0.196. The molecule has 122 valence electrons. The molecular formula is C18H15BrClN3O. The molecule has 1 aromatic heterocycles. The molecule has 0 spiro atoms. The summed E-state index contributed by atoms with van der Waals surface area (Å²) in [6, 6.07) is 16.7. The van der Waals surface area contributed by atoms with Crippen LogP contribution in [0.15, 0.2) is 59.1 Å². The summed E-state index contributed by atoms with van der Waals surface area (Å²) < 4.78 is 2.67. The van der Waals surface area contributed by atoms with E-state index in [0.717, 1.165) is 15.7 Å². The van der Waals surface area contributed by atoms with Crippen LogP contribution >= 0.6 is 27.5 Å². The summed E-state index contributed by atoms with van der Waals surface area (Å²) >= 11 is 9.56. The molecule has 0 saturated carbocycles. The van der Waals surface area contributed by atoms with E-state index < -0.39 is 0 Å². The zero-order valence-electron chi connectivity index (χ0n) is 13.0. The van der Waals surface area contributed by atoms with Crippen molar-refractivity contribution in [1.29, 1.82) is 0 Å². The summed E-state index contributed by atoms with van der Waals surface area (Å²) in [6.07, 6.45) is 0. The van der Waals surface area contributed by atoms with Crippen LogP contribution in [0.3, 0.4) is 0 Å². The number of benzene rings is 2. The fraction of sp³-hybridized carbons (Fsp3) is 0.111. The number of aromatic nitrogens is 2. The molecule has 0 unspecified atom stereocenters. The maximum atomic E-state index is 12.3. The molecule has 0 atom stereocenters. The number of nitrogens with zero attached hydrogens (tertiary/aromatic N) is 2. The number of amides is 1. The van der Waals surface area contributed by atoms with E-state index in [9.17, 15) is 4.79 Å². The molecule has 0 saturated heterocycles. The van der Waals surface area contributed by atoms with Gasteiger partial charge in [-0.25, -0.2) is 0 Å². The van der Waals surface area contributed by atoms with Crippen LogP contribution < -0.4 is 5.32 Å². The molecular weight excluding hydrogens is 390 g/mol. The van der Waals surface area contributed by atoms with Gasteiger partial charge in [-0.2, -0.15) is 5.10 Å². The van der Waals surface area contributed by atoms with Crippen LogP contribution in [0.5, 0.6) is 0 Å². The summed E-state index contributed by atoms with van der Waals surface area (Å²) in [5.41, 5.74) is 2.50. The van der Waals surface area contributed by atoms with E-state index >= 15 is 0 Å². The number of carbonyl (C=O) groups is 1. The first-order valence-corrected chi connectivity index (χ1v) is 8.55. The van der Waals surface area contributed by atoms with Gasteiger partial charge in [-0.15, -0.1) is 0 Å². The normalized spacial score (nSPS) is 10.6. The number of halogens is 2. The Morgan fingerprint density at radius 1 is 1.21 bits per heavy atom. The third-order valence-corrected chi connectivity index (χ3v) is 4.45. The fourth-order valence-corrected chi connectivity index (χ4v) is 2.93. The lowest BCUT2D eigenvalue weighted by molar-refractivity contribution is 0.102. The van der Waals surface area contributed by atoms with Crippen molar-refractivity contribution >= 4 is 39.3 Å². The minimum Gasteiger partial charge on any atom is -0.305 e. The van der Waals surface area contributed by atoms with Gasteiger partial charge in [0.25, 0.3) is 5.91 Å². The summed E-state index contributed by atoms with van der Waals surface area (Å²) in [5, 5.41) is 7.97. The lowest BCUT2D eigenvalue weighted by Gasteiger charge is -2.06. The Morgan fingerprint density at radius 3 is 2.75 bits per heavy atom. The molecule has 24 heavy (non-hydrogen) atoms. The van der Waals surface area contributed by atoms with Crippen molar-refractivity contribution in [2.24, 2.45) is 0 Å². The van der Waals surface area contributed by atoms with Crippen LogP contribution in [0.4, 0.5) is 5.82 Å². The second-order valence-corrected chi connectivity index (χ2v) is 6.71. The number of aryl methyl sites for hydroxylation is 1. The second-order valence-electron chi connectivity index (χ2n) is 5.38. The van der Waals surface area contributed by atoms with E-state index in [2.05, 4.69) is 26.3 Å². The van der Waals surface area contributed by atoms with E-state index in [1.54, 1.807) is 12.1 Å². The smallest absolute Gasteiger partial charge is 0.256 e. The Balaban J connectivity index is 1.77. The standard InChI is InChI=1S/C18H15BrClN3O/c1-12-9-17(21-18(24)13-6-4-7-15(19)10-13)22-23(12)11-14-5-2-3-8-16(14)20/h2-10H,11H2,1H3,(H,21,22,24). The predicted octanol–water partition coefficient (Wildman–Crippen LogP) is 4.91. The monoisotopic (exact) mass is 403 g/mol. The Labute approximate surface area is 153 Å². The van der Waals surface area contributed by atoms with Gasteiger partial charge in [-0.1, -0.05) is 51.8 Å². The van der Waals surface area contributed by atoms with E-state index in [1.165, 1.54) is 0 Å². The van der Waals surface area contributed by atoms with Crippen molar-refractivity contribution in [3.05, 3.63) is 80.9 Å². The molecule has 3 aromatic rings. The molecule has 0 aliphatic heterocycles. The van der Waals surface area contributed by atoms with E-state index in [-0.39, 0.29) is 5.91 Å². The quantitative estimate of drug-likeness (QED) is 0.672. The molecule has 4 nitrogen and oxygen atoms in total. The highest BCUT2D eigenvalue weighted by molar-refractivity contribution is 9.10. The van der Waals surface area contributed by atoms with Gasteiger partial charge in [-0.05, 0) is 36.8 Å². The minimum atomic E-state index is -0.196. The maximum absolute atomic E-state index is 12.3. The molecule has 0 bridgehead atoms. The summed E-state index contributed by atoms with van der Waals surface area (Å²) in [4.78, 5) is 12.3. The highest BCUT2D eigenvalue weighted by atomic mass is 79.9. The van der Waals surface area contributed by atoms with Gasteiger partial charge in [0.05, 0.1) is 6.54 Å². The van der Waals surface area contributed by atoms with E-state index in [0.29, 0.717) is 22.9 Å². The Kier molecular flexibility index (Phi) is 5.02. The topological polar surface area (TPSA) is 46.9 Å². The number of hydrogen-bond acceptors (Lipinski definition) is 2. The maximum Gasteiger partial charge on any atom is 0.256 e. The van der Waals surface area contributed by atoms with Crippen molar-refractivity contribution in [2.45, 2.75) is 13.5 Å². The number of carbonyl (C=O) groups excluding carboxylic acids is 1. The van der Waals surface area contributed by atoms with Crippen LogP contribution in [0.1, 0.15) is 21.6 Å². The van der Waals surface area contributed by atoms with Gasteiger partial charge in [0.15, 0.2) is 5.82 Å². The second kappa shape index (κ2) is 7.20. The average Bonchev–Trinajstić information content (AvgIpc) is 2.89. The lowest BCUT2D eigenvalue weighted by Crippen LogP contribution is -2.13. The zero-order chi connectivity index (χ0) is 17.1. The van der Waals surface area contributed by atoms with Crippen molar-refractivity contribution in [1.82, 2.24) is 9.78 Å². The van der Waals surface area contributed by atoms with Crippen molar-refractivity contribution in [2.75, 3.05) is 5.32 Å². The molecule has 0 aliphatic rings. The zero-order valence-corrected chi connectivity index (χ0v) is 15.3. The van der Waals surface area contributed by atoms with Crippen molar-refractivity contribution in [3.63, 3.8) is 0 Å². The first-order chi connectivity index (χ1) is 11.5. The van der Waals surface area contributed by atoms with Gasteiger partial charge in [0, 0.05) is 26.8 Å². The Morgan fingerprint density at radius 2 is 2.00 bits per heavy atom. The number of rotatable bonds is 4. The molecule has 1 amide bonds. The highest BCUT2D eigenvalue weighted by Gasteiger charge is 2.11. The first-order valence-electron chi connectivity index (χ1n) is 7.38. The molecule has 1 heterocycles. The predicted molar refractivity (Wildman–Crippen MR) is 99.6 cm³/mol. The highest BCUT2D eigenvalue weighted by Crippen LogP contribution is 2.19. The summed E-state index contributed by atoms with van der Waals surface area (Å²) in [6.45, 7) is 2.50. The molecule has 2 aromatic carbocycles. The van der Waals surface area contributed by atoms with Gasteiger partial charge in [0.2, 0.25) is 0 Å². The molecule has 1 N–H and O–H groups in total. The number of nitrogens with one attached hydrogen (secondary N) is 1. The van der Waals surface area contributed by atoms with E-state index in [1.807, 2.05) is 54.1 Å². The first kappa shape index (κ1) is 16.7. The fourth-order valence-electron chi connectivity index (χ4n) is 2.34. The van der Waals surface area contributed by atoms with Crippen LogP contribution in [0, 0.1) is 6.92 Å². The van der Waals surface area contributed by atoms with Gasteiger partial charge in [-0.3, -0.25) is 9.48 Å². The molecule has 6 heteroatoms. The van der Waals surface area contributed by atoms with Crippen LogP contribution in [0.25, 0.3) is 0 Å². The SMILES string of the molecule is Cc1cc(NC(=O)c2cccc(Br)c2)nn1Cc1ccccc1Cl. The third kappa shape index (κ3) is 3.86. The largest absolute Gasteiger partial charge is 0.305 e. The number of anilines is 1. The molecule has 3 rings (SSSR count).